The molecule has 2 rings (SSSR count). The predicted octanol–water partition coefficient (Wildman–Crippen LogP) is 1.41. The summed E-state index contributed by atoms with van der Waals surface area (Å²) in [5.74, 6) is 0.602. The van der Waals surface area contributed by atoms with Crippen molar-refractivity contribution in [3.63, 3.8) is 0 Å². The molecule has 0 radical (unpaired) electrons. The molecule has 80 valence electrons. The molecule has 1 aromatic rings. The molecule has 1 aromatic carbocycles. The minimum absolute atomic E-state index is 0.602. The fraction of sp³-hybridized carbons (Fsp3) is 0.364. The fourth-order valence-corrected chi connectivity index (χ4v) is 1.65. The van der Waals surface area contributed by atoms with Gasteiger partial charge in [0, 0.05) is 5.56 Å². The molecular formula is C11H14N2O2. The van der Waals surface area contributed by atoms with Crippen LogP contribution in [0.25, 0.3) is 0 Å². The number of ether oxygens (including phenoxy) is 1. The van der Waals surface area contributed by atoms with E-state index >= 15 is 0 Å². The summed E-state index contributed by atoms with van der Waals surface area (Å²) in [6, 6.07) is 8.10. The minimum atomic E-state index is 0.602. The summed E-state index contributed by atoms with van der Waals surface area (Å²) in [5.41, 5.74) is 2.28. The van der Waals surface area contributed by atoms with Gasteiger partial charge in [-0.1, -0.05) is 18.2 Å². The van der Waals surface area contributed by atoms with Crippen LogP contribution in [0.2, 0.25) is 0 Å². The molecule has 4 nitrogen and oxygen atoms in total. The van der Waals surface area contributed by atoms with E-state index < -0.39 is 0 Å². The molecule has 15 heavy (non-hydrogen) atoms. The number of nitrogens with zero attached hydrogens (tertiary/aromatic N) is 2. The van der Waals surface area contributed by atoms with E-state index in [1.54, 1.807) is 19.4 Å². The Balaban J connectivity index is 2.41. The van der Waals surface area contributed by atoms with Crippen LogP contribution in [0.4, 0.5) is 0 Å². The lowest BCUT2D eigenvalue weighted by Gasteiger charge is -2.13. The van der Waals surface area contributed by atoms with E-state index in [0.29, 0.717) is 5.90 Å². The summed E-state index contributed by atoms with van der Waals surface area (Å²) in [6.07, 6.45) is 0.903. The zero-order valence-corrected chi connectivity index (χ0v) is 8.93. The second-order valence-corrected chi connectivity index (χ2v) is 3.27. The average Bonchev–Trinajstić information content (AvgIpc) is 2.48. The van der Waals surface area contributed by atoms with Crippen LogP contribution in [0.1, 0.15) is 11.1 Å². The molecule has 0 fully saturated rings. The number of hydrazone groups is 1. The second-order valence-electron chi connectivity index (χ2n) is 3.27. The van der Waals surface area contributed by atoms with Gasteiger partial charge in [-0.15, -0.1) is 5.10 Å². The maximum Gasteiger partial charge on any atom is 0.240 e. The molecule has 0 saturated carbocycles. The lowest BCUT2D eigenvalue weighted by molar-refractivity contribution is -0.130. The monoisotopic (exact) mass is 206 g/mol. The molecular weight excluding hydrogens is 192 g/mol. The number of hydrogen-bond donors (Lipinski definition) is 0. The summed E-state index contributed by atoms with van der Waals surface area (Å²) in [6.45, 7) is 0.736. The van der Waals surface area contributed by atoms with Crippen molar-refractivity contribution in [1.82, 2.24) is 5.17 Å². The number of fused-ring (bicyclic) bond motifs is 1. The van der Waals surface area contributed by atoms with Crippen molar-refractivity contribution in [2.45, 2.75) is 6.42 Å². The van der Waals surface area contributed by atoms with Crippen molar-refractivity contribution in [2.24, 2.45) is 5.10 Å². The van der Waals surface area contributed by atoms with Gasteiger partial charge >= 0.3 is 0 Å². The maximum absolute atomic E-state index is 5.26. The van der Waals surface area contributed by atoms with Gasteiger partial charge in [0.1, 0.15) is 0 Å². The Labute approximate surface area is 89.1 Å². The lowest BCUT2D eigenvalue weighted by atomic mass is 10.1. The highest BCUT2D eigenvalue weighted by Crippen LogP contribution is 2.16. The molecule has 0 saturated heterocycles. The van der Waals surface area contributed by atoms with Crippen LogP contribution in [0.3, 0.4) is 0 Å². The molecule has 0 aliphatic carbocycles. The third-order valence-corrected chi connectivity index (χ3v) is 2.43. The molecule has 1 aliphatic rings. The Morgan fingerprint density at radius 2 is 2.07 bits per heavy atom. The van der Waals surface area contributed by atoms with Gasteiger partial charge in [-0.2, -0.15) is 5.17 Å². The van der Waals surface area contributed by atoms with Crippen molar-refractivity contribution in [3.8, 4) is 0 Å². The first-order chi connectivity index (χ1) is 7.35. The van der Waals surface area contributed by atoms with Crippen LogP contribution in [-0.2, 0) is 16.0 Å². The van der Waals surface area contributed by atoms with Gasteiger partial charge in [-0.05, 0) is 18.1 Å². The lowest BCUT2D eigenvalue weighted by Crippen LogP contribution is -2.19. The van der Waals surface area contributed by atoms with Crippen LogP contribution in [0.5, 0.6) is 0 Å². The van der Waals surface area contributed by atoms with Crippen LogP contribution < -0.4 is 0 Å². The standard InChI is InChI=1S/C11H14N2O2/c1-14-11-10-6-4-3-5-9(10)7-8-13(12-11)15-2/h3-6H,7-8H2,1-2H3. The smallest absolute Gasteiger partial charge is 0.240 e. The third-order valence-electron chi connectivity index (χ3n) is 2.43. The van der Waals surface area contributed by atoms with Gasteiger partial charge in [0.2, 0.25) is 5.90 Å². The molecule has 0 N–H and O–H groups in total. The Morgan fingerprint density at radius 1 is 1.27 bits per heavy atom. The Hall–Kier alpha value is -1.55. The predicted molar refractivity (Wildman–Crippen MR) is 57.4 cm³/mol. The summed E-state index contributed by atoms with van der Waals surface area (Å²) >= 11 is 0. The molecule has 0 spiro atoms. The van der Waals surface area contributed by atoms with Gasteiger partial charge in [-0.25, -0.2) is 0 Å². The third kappa shape index (κ3) is 1.94. The number of rotatable bonds is 1. The second kappa shape index (κ2) is 4.31. The van der Waals surface area contributed by atoms with Crippen molar-refractivity contribution in [1.29, 1.82) is 0 Å². The zero-order valence-electron chi connectivity index (χ0n) is 8.93. The Bertz CT molecular complexity index is 377. The maximum atomic E-state index is 5.26. The van der Waals surface area contributed by atoms with E-state index in [1.807, 2.05) is 18.2 Å². The Morgan fingerprint density at radius 3 is 2.80 bits per heavy atom. The van der Waals surface area contributed by atoms with Crippen molar-refractivity contribution >= 4 is 5.90 Å². The van der Waals surface area contributed by atoms with Crippen molar-refractivity contribution in [2.75, 3.05) is 20.8 Å². The molecule has 1 heterocycles. The number of hydroxylamine groups is 1. The molecule has 0 amide bonds. The zero-order chi connectivity index (χ0) is 10.7. The first-order valence-electron chi connectivity index (χ1n) is 4.87. The summed E-state index contributed by atoms with van der Waals surface area (Å²) in [4.78, 5) is 5.10. The summed E-state index contributed by atoms with van der Waals surface area (Å²) in [7, 11) is 3.22. The highest BCUT2D eigenvalue weighted by atomic mass is 16.7. The molecule has 1 aliphatic heterocycles. The number of benzene rings is 1. The van der Waals surface area contributed by atoms with Gasteiger partial charge in [0.15, 0.2) is 0 Å². The van der Waals surface area contributed by atoms with E-state index in [4.69, 9.17) is 9.57 Å². The quantitative estimate of drug-likeness (QED) is 0.696. The SMILES string of the molecule is COC1=NN(OC)CCc2ccccc21. The highest BCUT2D eigenvalue weighted by Gasteiger charge is 2.16. The van der Waals surface area contributed by atoms with Gasteiger partial charge in [-0.3, -0.25) is 4.84 Å². The normalized spacial score (nSPS) is 15.3. The van der Waals surface area contributed by atoms with Crippen molar-refractivity contribution in [3.05, 3.63) is 35.4 Å². The van der Waals surface area contributed by atoms with E-state index in [-0.39, 0.29) is 0 Å². The Kier molecular flexibility index (Phi) is 2.87. The van der Waals surface area contributed by atoms with E-state index in [1.165, 1.54) is 5.56 Å². The molecule has 0 unspecified atom stereocenters. The van der Waals surface area contributed by atoms with E-state index in [9.17, 15) is 0 Å². The number of hydrogen-bond acceptors (Lipinski definition) is 4. The topological polar surface area (TPSA) is 34.1 Å². The molecule has 0 atom stereocenters. The number of methoxy groups -OCH3 is 1. The molecule has 0 bridgehead atoms. The van der Waals surface area contributed by atoms with E-state index in [2.05, 4.69) is 11.2 Å². The van der Waals surface area contributed by atoms with Crippen molar-refractivity contribution < 1.29 is 9.57 Å². The van der Waals surface area contributed by atoms with Gasteiger partial charge in [0.05, 0.1) is 20.8 Å². The summed E-state index contributed by atoms with van der Waals surface area (Å²) < 4.78 is 5.26. The highest BCUT2D eigenvalue weighted by molar-refractivity contribution is 5.95. The molecule has 4 heteroatoms. The largest absolute Gasteiger partial charge is 0.479 e. The first-order valence-corrected chi connectivity index (χ1v) is 4.87. The van der Waals surface area contributed by atoms with Crippen LogP contribution >= 0.6 is 0 Å². The molecule has 0 aromatic heterocycles. The first kappa shape index (κ1) is 9.98. The minimum Gasteiger partial charge on any atom is -0.479 e. The van der Waals surface area contributed by atoms with Gasteiger partial charge < -0.3 is 4.74 Å². The summed E-state index contributed by atoms with van der Waals surface area (Å²) in [5, 5.41) is 5.80. The van der Waals surface area contributed by atoms with Crippen LogP contribution in [-0.4, -0.2) is 31.8 Å². The van der Waals surface area contributed by atoms with Crippen LogP contribution in [0.15, 0.2) is 29.4 Å². The average molecular weight is 206 g/mol. The fourth-order valence-electron chi connectivity index (χ4n) is 1.65. The van der Waals surface area contributed by atoms with Gasteiger partial charge in [0.25, 0.3) is 0 Å². The van der Waals surface area contributed by atoms with Crippen LogP contribution in [0, 0.1) is 0 Å². The van der Waals surface area contributed by atoms with E-state index in [0.717, 1.165) is 18.5 Å².